The first kappa shape index (κ1) is 31.7. The van der Waals surface area contributed by atoms with Crippen molar-refractivity contribution in [3.05, 3.63) is 169 Å². The molecule has 0 N–H and O–H groups in total. The molecule has 4 saturated carbocycles. The average Bonchev–Trinajstić information content (AvgIpc) is 3.55. The van der Waals surface area contributed by atoms with E-state index < -0.39 is 9.84 Å². The van der Waals surface area contributed by atoms with E-state index in [1.807, 2.05) is 18.2 Å². The molecule has 1 aromatic heterocycles. The highest BCUT2D eigenvalue weighted by Gasteiger charge is 2.62. The molecule has 13 rings (SSSR count). The molecule has 5 aliphatic rings. The van der Waals surface area contributed by atoms with Gasteiger partial charge in [0.25, 0.3) is 0 Å². The van der Waals surface area contributed by atoms with Gasteiger partial charge in [0.2, 0.25) is 9.84 Å². The van der Waals surface area contributed by atoms with Crippen molar-refractivity contribution < 1.29 is 8.42 Å². The van der Waals surface area contributed by atoms with E-state index in [1.165, 1.54) is 59.3 Å². The van der Waals surface area contributed by atoms with Gasteiger partial charge in [-0.3, -0.25) is 0 Å². The van der Waals surface area contributed by atoms with E-state index in [-0.39, 0.29) is 5.41 Å². The second-order valence-electron chi connectivity index (χ2n) is 16.6. The summed E-state index contributed by atoms with van der Waals surface area (Å²) in [5.41, 5.74) is 8.29. The summed E-state index contributed by atoms with van der Waals surface area (Å²) in [7, 11) is -3.70. The van der Waals surface area contributed by atoms with E-state index in [0.717, 1.165) is 51.1 Å². The highest BCUT2D eigenvalue weighted by molar-refractivity contribution is 7.91. The van der Waals surface area contributed by atoms with Crippen LogP contribution in [0.2, 0.25) is 0 Å². The monoisotopic (exact) mass is 732 g/mol. The molecule has 5 heteroatoms. The molecule has 4 fully saturated rings. The fourth-order valence-electron chi connectivity index (χ4n) is 12.1. The molecule has 0 amide bonds. The first-order valence-electron chi connectivity index (χ1n) is 19.9. The number of rotatable bonds is 4. The molecule has 1 aliphatic heterocycles. The summed E-state index contributed by atoms with van der Waals surface area (Å²) in [4.78, 5) is 3.38. The third-order valence-corrected chi connectivity index (χ3v) is 15.8. The fourth-order valence-corrected chi connectivity index (χ4v) is 13.9. The van der Waals surface area contributed by atoms with Crippen LogP contribution in [0.3, 0.4) is 0 Å². The second kappa shape index (κ2) is 11.4. The first-order chi connectivity index (χ1) is 27.0. The second-order valence-corrected chi connectivity index (χ2v) is 18.5. The Morgan fingerprint density at radius 1 is 0.509 bits per heavy atom. The number of aromatic nitrogens is 1. The summed E-state index contributed by atoms with van der Waals surface area (Å²) in [6.07, 6.45) is 6.07. The largest absolute Gasteiger partial charge is 0.310 e. The Kier molecular flexibility index (Phi) is 6.59. The summed E-state index contributed by atoms with van der Waals surface area (Å²) >= 11 is 0. The maximum Gasteiger partial charge on any atom is 0.207 e. The van der Waals surface area contributed by atoms with Crippen LogP contribution in [0.4, 0.5) is 17.1 Å². The van der Waals surface area contributed by atoms with Crippen molar-refractivity contribution in [1.82, 2.24) is 4.57 Å². The molecule has 4 aliphatic carbocycles. The van der Waals surface area contributed by atoms with Gasteiger partial charge in [0.1, 0.15) is 0 Å². The Morgan fingerprint density at radius 3 is 1.78 bits per heavy atom. The Labute approximate surface area is 321 Å². The molecule has 2 heterocycles. The summed E-state index contributed by atoms with van der Waals surface area (Å²) in [6.45, 7) is 0. The van der Waals surface area contributed by atoms with Gasteiger partial charge in [-0.05, 0) is 139 Å². The molecular weight excluding hydrogens is 693 g/mol. The van der Waals surface area contributed by atoms with Crippen molar-refractivity contribution in [2.75, 3.05) is 4.90 Å². The number of hydrogen-bond acceptors (Lipinski definition) is 3. The van der Waals surface area contributed by atoms with Gasteiger partial charge in [-0.15, -0.1) is 0 Å². The van der Waals surface area contributed by atoms with Crippen LogP contribution in [0.1, 0.15) is 43.2 Å². The van der Waals surface area contributed by atoms with Gasteiger partial charge in [-0.1, -0.05) is 91.0 Å². The minimum atomic E-state index is -3.70. The lowest BCUT2D eigenvalue weighted by atomic mass is 9.42. The van der Waals surface area contributed by atoms with Crippen molar-refractivity contribution in [3.8, 4) is 5.69 Å². The first-order valence-corrected chi connectivity index (χ1v) is 21.3. The Morgan fingerprint density at radius 2 is 1.07 bits per heavy atom. The van der Waals surface area contributed by atoms with Crippen LogP contribution in [-0.2, 0) is 15.3 Å². The van der Waals surface area contributed by atoms with Gasteiger partial charge in [0, 0.05) is 38.6 Å². The van der Waals surface area contributed by atoms with Gasteiger partial charge in [-0.2, -0.15) is 0 Å². The minimum Gasteiger partial charge on any atom is -0.310 e. The van der Waals surface area contributed by atoms with Gasteiger partial charge in [0.15, 0.2) is 0 Å². The van der Waals surface area contributed by atoms with Crippen molar-refractivity contribution in [1.29, 1.82) is 0 Å². The third-order valence-electron chi connectivity index (χ3n) is 14.0. The van der Waals surface area contributed by atoms with Crippen LogP contribution in [-0.4, -0.2) is 13.0 Å². The lowest BCUT2D eigenvalue weighted by molar-refractivity contribution is -0.0446. The van der Waals surface area contributed by atoms with E-state index in [2.05, 4.69) is 149 Å². The molecule has 8 aromatic rings. The Bertz CT molecular complexity index is 2890. The topological polar surface area (TPSA) is 42.3 Å². The molecule has 4 nitrogen and oxygen atoms in total. The summed E-state index contributed by atoms with van der Waals surface area (Å²) in [5, 5.41) is 4.79. The quantitative estimate of drug-likeness (QED) is 0.181. The van der Waals surface area contributed by atoms with Crippen LogP contribution < -0.4 is 4.90 Å². The Balaban J connectivity index is 1.08. The van der Waals surface area contributed by atoms with Crippen LogP contribution in [0.5, 0.6) is 0 Å². The molecule has 7 aromatic carbocycles. The predicted molar refractivity (Wildman–Crippen MR) is 223 cm³/mol. The predicted octanol–water partition coefficient (Wildman–Crippen LogP) is 12.3. The molecule has 0 radical (unpaired) electrons. The van der Waals surface area contributed by atoms with E-state index in [1.54, 1.807) is 0 Å². The van der Waals surface area contributed by atoms with Crippen molar-refractivity contribution >= 4 is 59.5 Å². The normalized spacial score (nSPS) is 24.4. The summed E-state index contributed by atoms with van der Waals surface area (Å²) in [6, 6.07) is 55.5. The number of hydrogen-bond donors (Lipinski definition) is 0. The summed E-state index contributed by atoms with van der Waals surface area (Å²) < 4.78 is 31.6. The van der Waals surface area contributed by atoms with Gasteiger partial charge >= 0.3 is 0 Å². The summed E-state index contributed by atoms with van der Waals surface area (Å²) in [5.74, 6) is 2.38. The molecule has 0 atom stereocenters. The zero-order valence-electron chi connectivity index (χ0n) is 30.5. The van der Waals surface area contributed by atoms with Gasteiger partial charge < -0.3 is 9.47 Å². The fraction of sp³-hybridized carbons (Fsp3) is 0.200. The Hall–Kier alpha value is -5.65. The van der Waals surface area contributed by atoms with Crippen molar-refractivity contribution in [2.45, 2.75) is 47.3 Å². The molecule has 0 saturated heterocycles. The number of benzene rings is 7. The number of fused-ring (bicyclic) bond motifs is 6. The maximum atomic E-state index is 14.6. The zero-order chi connectivity index (χ0) is 36.5. The van der Waals surface area contributed by atoms with Crippen LogP contribution in [0, 0.1) is 23.7 Å². The smallest absolute Gasteiger partial charge is 0.207 e. The van der Waals surface area contributed by atoms with Gasteiger partial charge in [0.05, 0.1) is 26.5 Å². The third kappa shape index (κ3) is 4.30. The SMILES string of the molecule is O=S1(=O)c2ccccc2C2(c3cc(N(c4ccc(-n5c6ccccc6c6ccccc65)cc4)c4cccc5ccccc45)ccc31)C1CC3CC(C1)CC2C3. The lowest BCUT2D eigenvalue weighted by Crippen LogP contribution is -2.57. The minimum absolute atomic E-state index is 0.314. The molecule has 55 heavy (non-hydrogen) atoms. The van der Waals surface area contributed by atoms with Crippen LogP contribution in [0.25, 0.3) is 38.3 Å². The van der Waals surface area contributed by atoms with E-state index in [9.17, 15) is 8.42 Å². The van der Waals surface area contributed by atoms with Crippen LogP contribution >= 0.6 is 0 Å². The van der Waals surface area contributed by atoms with Gasteiger partial charge in [-0.25, -0.2) is 8.42 Å². The van der Waals surface area contributed by atoms with Crippen molar-refractivity contribution in [2.24, 2.45) is 23.7 Å². The number of para-hydroxylation sites is 2. The highest BCUT2D eigenvalue weighted by Crippen LogP contribution is 2.68. The molecule has 268 valence electrons. The molecule has 0 unspecified atom stereocenters. The number of anilines is 3. The number of nitrogens with zero attached hydrogens (tertiary/aromatic N) is 2. The molecule has 1 spiro atoms. The van der Waals surface area contributed by atoms with E-state index >= 15 is 0 Å². The highest BCUT2D eigenvalue weighted by atomic mass is 32.2. The number of sulfone groups is 1. The molecule has 4 bridgehead atoms. The van der Waals surface area contributed by atoms with E-state index in [0.29, 0.717) is 21.6 Å². The maximum absolute atomic E-state index is 14.6. The van der Waals surface area contributed by atoms with Crippen molar-refractivity contribution in [3.63, 3.8) is 0 Å². The van der Waals surface area contributed by atoms with E-state index in [4.69, 9.17) is 0 Å². The standard InChI is InChI=1S/C50H40N2O2S/c53-55(54)48-19-8-5-15-43(48)50(35-27-32-26-33(29-35)30-36(50)28-32)44-31-39(24-25-49(44)55)51(45-18-9-11-34-10-1-2-12-40(34)45)37-20-22-38(23-21-37)52-46-16-6-3-13-41(46)42-14-4-7-17-47(42)52/h1-25,31-33,35-36H,26-30H2. The lowest BCUT2D eigenvalue weighted by Gasteiger charge is -2.63. The zero-order valence-corrected chi connectivity index (χ0v) is 31.3. The van der Waals surface area contributed by atoms with Crippen LogP contribution in [0.15, 0.2) is 168 Å². The molecular formula is C50H40N2O2S. The average molecular weight is 733 g/mol.